The summed E-state index contributed by atoms with van der Waals surface area (Å²) in [6.07, 6.45) is 4.12. The summed E-state index contributed by atoms with van der Waals surface area (Å²) in [5.41, 5.74) is 6.64. The van der Waals surface area contributed by atoms with Crippen LogP contribution in [0.3, 0.4) is 0 Å². The van der Waals surface area contributed by atoms with Gasteiger partial charge in [0.15, 0.2) is 0 Å². The Kier molecular flexibility index (Phi) is 6.68. The molecule has 0 aliphatic heterocycles. The number of amides is 1. The minimum absolute atomic E-state index is 0.147. The van der Waals surface area contributed by atoms with Crippen LogP contribution < -0.4 is 11.1 Å². The van der Waals surface area contributed by atoms with Gasteiger partial charge < -0.3 is 20.7 Å². The van der Waals surface area contributed by atoms with Gasteiger partial charge in [-0.25, -0.2) is 4.79 Å². The van der Waals surface area contributed by atoms with Crippen LogP contribution in [-0.2, 0) is 11.3 Å². The van der Waals surface area contributed by atoms with Gasteiger partial charge in [0.2, 0.25) is 0 Å². The third-order valence-electron chi connectivity index (χ3n) is 4.29. The first kappa shape index (κ1) is 16.8. The topological polar surface area (TPSA) is 67.6 Å². The third kappa shape index (κ3) is 5.00. The maximum atomic E-state index is 12.0. The lowest BCUT2D eigenvalue weighted by Crippen LogP contribution is -2.53. The number of ether oxygens (including phenoxy) is 1. The van der Waals surface area contributed by atoms with Gasteiger partial charge in [0.05, 0.1) is 0 Å². The number of hydrogen-bond donors (Lipinski definition) is 2. The summed E-state index contributed by atoms with van der Waals surface area (Å²) < 4.78 is 5.33. The maximum absolute atomic E-state index is 12.0. The van der Waals surface area contributed by atoms with E-state index in [1.54, 1.807) is 0 Å². The second kappa shape index (κ2) is 8.76. The number of nitrogens with zero attached hydrogens (tertiary/aromatic N) is 1. The molecule has 1 aromatic carbocycles. The molecule has 1 amide bonds. The Morgan fingerprint density at radius 2 is 2.05 bits per heavy atom. The van der Waals surface area contributed by atoms with Gasteiger partial charge in [0.25, 0.3) is 0 Å². The zero-order valence-electron chi connectivity index (χ0n) is 13.3. The molecule has 1 aliphatic carbocycles. The predicted octanol–water partition coefficient (Wildman–Crippen LogP) is 2.11. The summed E-state index contributed by atoms with van der Waals surface area (Å²) in [4.78, 5) is 14.3. The van der Waals surface area contributed by atoms with Gasteiger partial charge in [0, 0.05) is 25.2 Å². The standard InChI is InChI=1S/C17H27N3O2/c1-20(12-11-18)16-10-6-5-9-15(16)19-17(21)22-13-14-7-3-2-4-8-14/h2-4,7-8,15-16H,5-6,9-13,18H2,1H3,(H,19,21)/t15-,16+/m0/s1. The number of rotatable bonds is 6. The van der Waals surface area contributed by atoms with E-state index in [-0.39, 0.29) is 12.1 Å². The summed E-state index contributed by atoms with van der Waals surface area (Å²) in [7, 11) is 2.08. The van der Waals surface area contributed by atoms with Crippen molar-refractivity contribution in [2.75, 3.05) is 20.1 Å². The van der Waals surface area contributed by atoms with E-state index in [1.807, 2.05) is 30.3 Å². The molecule has 5 nitrogen and oxygen atoms in total. The molecule has 0 aromatic heterocycles. The number of carbonyl (C=O) groups excluding carboxylic acids is 1. The van der Waals surface area contributed by atoms with E-state index < -0.39 is 0 Å². The molecule has 0 spiro atoms. The van der Waals surface area contributed by atoms with Crippen LogP contribution in [0.5, 0.6) is 0 Å². The van der Waals surface area contributed by atoms with Gasteiger partial charge in [-0.3, -0.25) is 0 Å². The van der Waals surface area contributed by atoms with Gasteiger partial charge >= 0.3 is 6.09 Å². The zero-order valence-corrected chi connectivity index (χ0v) is 13.3. The first-order valence-electron chi connectivity index (χ1n) is 8.08. The largest absolute Gasteiger partial charge is 0.445 e. The zero-order chi connectivity index (χ0) is 15.8. The summed E-state index contributed by atoms with van der Waals surface area (Å²) >= 11 is 0. The molecule has 2 atom stereocenters. The van der Waals surface area contributed by atoms with Crippen LogP contribution in [0.1, 0.15) is 31.2 Å². The number of hydrogen-bond acceptors (Lipinski definition) is 4. The Morgan fingerprint density at radius 3 is 2.77 bits per heavy atom. The molecule has 122 valence electrons. The number of alkyl carbamates (subject to hydrolysis) is 1. The Morgan fingerprint density at radius 1 is 1.32 bits per heavy atom. The molecule has 1 aromatic rings. The fourth-order valence-corrected chi connectivity index (χ4v) is 3.09. The van der Waals surface area contributed by atoms with Gasteiger partial charge in [-0.1, -0.05) is 43.2 Å². The minimum Gasteiger partial charge on any atom is -0.445 e. The van der Waals surface area contributed by atoms with Crippen LogP contribution in [0, 0.1) is 0 Å². The summed E-state index contributed by atoms with van der Waals surface area (Å²) in [6.45, 7) is 1.79. The van der Waals surface area contributed by atoms with Crippen molar-refractivity contribution in [2.45, 2.75) is 44.4 Å². The third-order valence-corrected chi connectivity index (χ3v) is 4.29. The highest BCUT2D eigenvalue weighted by atomic mass is 16.5. The van der Waals surface area contributed by atoms with Gasteiger partial charge in [-0.05, 0) is 25.5 Å². The summed E-state index contributed by atoms with van der Waals surface area (Å²) in [6, 6.07) is 10.2. The molecule has 1 aliphatic rings. The average Bonchev–Trinajstić information content (AvgIpc) is 2.54. The van der Waals surface area contributed by atoms with Crippen molar-refractivity contribution in [3.63, 3.8) is 0 Å². The molecule has 5 heteroatoms. The average molecular weight is 305 g/mol. The summed E-state index contributed by atoms with van der Waals surface area (Å²) in [5.74, 6) is 0. The molecule has 3 N–H and O–H groups in total. The van der Waals surface area contributed by atoms with Gasteiger partial charge in [-0.15, -0.1) is 0 Å². The molecule has 0 unspecified atom stereocenters. The van der Waals surface area contributed by atoms with Crippen LogP contribution in [0.15, 0.2) is 30.3 Å². The molecular formula is C17H27N3O2. The molecule has 0 heterocycles. The van der Waals surface area contributed by atoms with E-state index in [1.165, 1.54) is 6.42 Å². The number of nitrogens with two attached hydrogens (primary N) is 1. The van der Waals surface area contributed by atoms with E-state index in [9.17, 15) is 4.79 Å². The molecule has 22 heavy (non-hydrogen) atoms. The van der Waals surface area contributed by atoms with Crippen molar-refractivity contribution < 1.29 is 9.53 Å². The molecule has 2 rings (SSSR count). The predicted molar refractivity (Wildman–Crippen MR) is 87.5 cm³/mol. The lowest BCUT2D eigenvalue weighted by molar-refractivity contribution is 0.112. The fourth-order valence-electron chi connectivity index (χ4n) is 3.09. The van der Waals surface area contributed by atoms with Gasteiger partial charge in [-0.2, -0.15) is 0 Å². The van der Waals surface area contributed by atoms with Crippen LogP contribution in [0.4, 0.5) is 4.79 Å². The van der Waals surface area contributed by atoms with E-state index in [2.05, 4.69) is 17.3 Å². The van der Waals surface area contributed by atoms with E-state index in [0.29, 0.717) is 19.2 Å². The quantitative estimate of drug-likeness (QED) is 0.845. The molecule has 1 fully saturated rings. The second-order valence-corrected chi connectivity index (χ2v) is 5.93. The number of likely N-dealkylation sites (N-methyl/N-ethyl adjacent to an activating group) is 1. The van der Waals surface area contributed by atoms with Gasteiger partial charge in [0.1, 0.15) is 6.61 Å². The van der Waals surface area contributed by atoms with Crippen LogP contribution in [-0.4, -0.2) is 43.2 Å². The highest BCUT2D eigenvalue weighted by Crippen LogP contribution is 2.22. The summed E-state index contributed by atoms with van der Waals surface area (Å²) in [5, 5.41) is 3.03. The molecule has 0 bridgehead atoms. The fraction of sp³-hybridized carbons (Fsp3) is 0.588. The minimum atomic E-state index is -0.332. The number of benzene rings is 1. The SMILES string of the molecule is CN(CCN)[C@@H]1CCCC[C@@H]1NC(=O)OCc1ccccc1. The van der Waals surface area contributed by atoms with Crippen molar-refractivity contribution in [2.24, 2.45) is 5.73 Å². The second-order valence-electron chi connectivity index (χ2n) is 5.93. The first-order chi connectivity index (χ1) is 10.7. The highest BCUT2D eigenvalue weighted by molar-refractivity contribution is 5.67. The Bertz CT molecular complexity index is 452. The van der Waals surface area contributed by atoms with Crippen molar-refractivity contribution in [3.05, 3.63) is 35.9 Å². The van der Waals surface area contributed by atoms with Crippen LogP contribution >= 0.6 is 0 Å². The molecule has 1 saturated carbocycles. The normalized spacial score (nSPS) is 21.6. The van der Waals surface area contributed by atoms with Crippen molar-refractivity contribution in [3.8, 4) is 0 Å². The van der Waals surface area contributed by atoms with E-state index in [4.69, 9.17) is 10.5 Å². The lowest BCUT2D eigenvalue weighted by atomic mass is 9.89. The monoisotopic (exact) mass is 305 g/mol. The highest BCUT2D eigenvalue weighted by Gasteiger charge is 2.29. The smallest absolute Gasteiger partial charge is 0.407 e. The maximum Gasteiger partial charge on any atom is 0.407 e. The van der Waals surface area contributed by atoms with E-state index in [0.717, 1.165) is 31.4 Å². The van der Waals surface area contributed by atoms with Crippen LogP contribution in [0.2, 0.25) is 0 Å². The number of carbonyl (C=O) groups is 1. The lowest BCUT2D eigenvalue weighted by Gasteiger charge is -2.38. The van der Waals surface area contributed by atoms with Crippen LogP contribution in [0.25, 0.3) is 0 Å². The van der Waals surface area contributed by atoms with Crippen molar-refractivity contribution in [1.82, 2.24) is 10.2 Å². The molecule has 0 saturated heterocycles. The van der Waals surface area contributed by atoms with E-state index >= 15 is 0 Å². The Balaban J connectivity index is 1.83. The van der Waals surface area contributed by atoms with Crippen molar-refractivity contribution in [1.29, 1.82) is 0 Å². The number of nitrogens with one attached hydrogen (secondary N) is 1. The Hall–Kier alpha value is -1.59. The Labute approximate surface area is 132 Å². The molecular weight excluding hydrogens is 278 g/mol. The molecule has 0 radical (unpaired) electrons. The first-order valence-corrected chi connectivity index (χ1v) is 8.08. The van der Waals surface area contributed by atoms with Crippen molar-refractivity contribution >= 4 is 6.09 Å².